The number of ether oxygens (including phenoxy) is 1. The lowest BCUT2D eigenvalue weighted by Gasteiger charge is -2.16. The van der Waals surface area contributed by atoms with Crippen LogP contribution in [0.5, 0.6) is 5.75 Å². The van der Waals surface area contributed by atoms with Crippen molar-refractivity contribution >= 4 is 23.5 Å². The normalized spacial score (nSPS) is 13.1. The Morgan fingerprint density at radius 1 is 1.24 bits per heavy atom. The van der Waals surface area contributed by atoms with Crippen molar-refractivity contribution < 1.29 is 9.53 Å². The lowest BCUT2D eigenvalue weighted by molar-refractivity contribution is -0.115. The number of carbonyl (C=O) groups is 1. The topological polar surface area (TPSA) is 86.9 Å². The molecular formula is C20H26N6O2S. The van der Waals surface area contributed by atoms with Crippen molar-refractivity contribution in [3.05, 3.63) is 36.5 Å². The van der Waals surface area contributed by atoms with Crippen LogP contribution in [0.2, 0.25) is 0 Å². The monoisotopic (exact) mass is 414 g/mol. The predicted octanol–water partition coefficient (Wildman–Crippen LogP) is 3.78. The van der Waals surface area contributed by atoms with Gasteiger partial charge in [-0.05, 0) is 32.4 Å². The number of thioether (sulfide) groups is 1. The fourth-order valence-corrected chi connectivity index (χ4v) is 3.67. The third-order valence-corrected chi connectivity index (χ3v) is 5.90. The van der Waals surface area contributed by atoms with Gasteiger partial charge in [-0.1, -0.05) is 30.8 Å². The standard InChI is InChI=1S/C20H26N6O2S/c1-6-13(2)26-17(11-12-21-26)22-19(27)14(3)29-20-24-23-18(25(20)4)15-9-7-8-10-16(15)28-5/h7-14H,6H2,1-5H3,(H,22,27)/t13-,14-/m0/s1. The number of para-hydroxylation sites is 1. The number of methoxy groups -OCH3 is 1. The molecule has 29 heavy (non-hydrogen) atoms. The summed E-state index contributed by atoms with van der Waals surface area (Å²) < 4.78 is 9.12. The van der Waals surface area contributed by atoms with Crippen LogP contribution >= 0.6 is 11.8 Å². The van der Waals surface area contributed by atoms with Gasteiger partial charge in [-0.3, -0.25) is 4.79 Å². The molecule has 0 radical (unpaired) electrons. The maximum absolute atomic E-state index is 12.7. The summed E-state index contributed by atoms with van der Waals surface area (Å²) in [4.78, 5) is 12.7. The Labute approximate surface area is 174 Å². The van der Waals surface area contributed by atoms with E-state index in [2.05, 4.69) is 34.5 Å². The first kappa shape index (κ1) is 20.9. The number of nitrogens with one attached hydrogen (secondary N) is 1. The molecule has 0 bridgehead atoms. The number of benzene rings is 1. The fourth-order valence-electron chi connectivity index (χ4n) is 2.86. The van der Waals surface area contributed by atoms with Gasteiger partial charge in [-0.2, -0.15) is 5.10 Å². The minimum atomic E-state index is -0.358. The van der Waals surface area contributed by atoms with Crippen LogP contribution in [0, 0.1) is 0 Å². The summed E-state index contributed by atoms with van der Waals surface area (Å²) in [6, 6.07) is 9.67. The summed E-state index contributed by atoms with van der Waals surface area (Å²) in [5, 5.41) is 16.1. The first-order valence-corrected chi connectivity index (χ1v) is 10.4. The number of nitrogens with zero attached hydrogens (tertiary/aromatic N) is 5. The van der Waals surface area contributed by atoms with Crippen LogP contribution in [0.25, 0.3) is 11.4 Å². The van der Waals surface area contributed by atoms with E-state index in [9.17, 15) is 4.79 Å². The van der Waals surface area contributed by atoms with Gasteiger partial charge in [0, 0.05) is 13.1 Å². The van der Waals surface area contributed by atoms with Crippen LogP contribution in [-0.4, -0.2) is 42.8 Å². The lowest BCUT2D eigenvalue weighted by atomic mass is 10.2. The van der Waals surface area contributed by atoms with Gasteiger partial charge < -0.3 is 14.6 Å². The van der Waals surface area contributed by atoms with Crippen molar-refractivity contribution in [2.24, 2.45) is 7.05 Å². The lowest BCUT2D eigenvalue weighted by Crippen LogP contribution is -2.25. The van der Waals surface area contributed by atoms with E-state index in [0.717, 1.165) is 17.7 Å². The molecule has 0 fully saturated rings. The zero-order valence-electron chi connectivity index (χ0n) is 17.3. The number of hydrogen-bond donors (Lipinski definition) is 1. The van der Waals surface area contributed by atoms with Crippen LogP contribution in [0.15, 0.2) is 41.7 Å². The van der Waals surface area contributed by atoms with Gasteiger partial charge in [0.1, 0.15) is 11.6 Å². The molecule has 1 aromatic carbocycles. The van der Waals surface area contributed by atoms with Crippen molar-refractivity contribution in [1.82, 2.24) is 24.5 Å². The summed E-state index contributed by atoms with van der Waals surface area (Å²) in [5.74, 6) is 2.00. The number of amides is 1. The zero-order valence-corrected chi connectivity index (χ0v) is 18.1. The molecule has 8 nitrogen and oxygen atoms in total. The van der Waals surface area contributed by atoms with Crippen molar-refractivity contribution in [2.75, 3.05) is 12.4 Å². The summed E-state index contributed by atoms with van der Waals surface area (Å²) in [6.45, 7) is 6.00. The molecule has 0 unspecified atom stereocenters. The number of hydrogen-bond acceptors (Lipinski definition) is 6. The van der Waals surface area contributed by atoms with Gasteiger partial charge in [-0.15, -0.1) is 10.2 Å². The molecular weight excluding hydrogens is 388 g/mol. The quantitative estimate of drug-likeness (QED) is 0.565. The number of rotatable bonds is 8. The van der Waals surface area contributed by atoms with E-state index in [-0.39, 0.29) is 17.2 Å². The molecule has 1 N–H and O–H groups in total. The largest absolute Gasteiger partial charge is 0.496 e. The molecule has 0 saturated heterocycles. The Kier molecular flexibility index (Phi) is 6.58. The fraction of sp³-hybridized carbons (Fsp3) is 0.400. The first-order valence-electron chi connectivity index (χ1n) is 9.50. The average Bonchev–Trinajstić information content (AvgIpc) is 3.34. The van der Waals surface area contributed by atoms with Crippen molar-refractivity contribution in [3.8, 4) is 17.1 Å². The zero-order chi connectivity index (χ0) is 21.0. The van der Waals surface area contributed by atoms with Crippen LogP contribution in [-0.2, 0) is 11.8 Å². The predicted molar refractivity (Wildman–Crippen MR) is 114 cm³/mol. The SMILES string of the molecule is CC[C@H](C)n1nccc1NC(=O)[C@H](C)Sc1nnc(-c2ccccc2OC)n1C. The molecule has 9 heteroatoms. The molecule has 3 aromatic rings. The molecule has 0 saturated carbocycles. The van der Waals surface area contributed by atoms with Crippen LogP contribution < -0.4 is 10.1 Å². The van der Waals surface area contributed by atoms with Gasteiger partial charge in [0.15, 0.2) is 11.0 Å². The van der Waals surface area contributed by atoms with Gasteiger partial charge in [0.25, 0.3) is 0 Å². The smallest absolute Gasteiger partial charge is 0.238 e. The maximum atomic E-state index is 12.7. The van der Waals surface area contributed by atoms with E-state index < -0.39 is 0 Å². The minimum Gasteiger partial charge on any atom is -0.496 e. The van der Waals surface area contributed by atoms with E-state index >= 15 is 0 Å². The van der Waals surface area contributed by atoms with Crippen molar-refractivity contribution in [1.29, 1.82) is 0 Å². The highest BCUT2D eigenvalue weighted by Crippen LogP contribution is 2.31. The summed E-state index contributed by atoms with van der Waals surface area (Å²) in [7, 11) is 3.51. The highest BCUT2D eigenvalue weighted by Gasteiger charge is 2.22. The van der Waals surface area contributed by atoms with Gasteiger partial charge in [0.2, 0.25) is 5.91 Å². The molecule has 2 aromatic heterocycles. The van der Waals surface area contributed by atoms with Crippen LogP contribution in [0.1, 0.15) is 33.2 Å². The second-order valence-electron chi connectivity index (χ2n) is 6.73. The van der Waals surface area contributed by atoms with Gasteiger partial charge in [0.05, 0.1) is 30.2 Å². The number of anilines is 1. The van der Waals surface area contributed by atoms with E-state index in [1.165, 1.54) is 11.8 Å². The average molecular weight is 415 g/mol. The Hall–Kier alpha value is -2.81. The Balaban J connectivity index is 1.73. The highest BCUT2D eigenvalue weighted by atomic mass is 32.2. The molecule has 0 spiro atoms. The maximum Gasteiger partial charge on any atom is 0.238 e. The minimum absolute atomic E-state index is 0.109. The van der Waals surface area contributed by atoms with E-state index in [0.29, 0.717) is 16.8 Å². The number of aromatic nitrogens is 5. The third-order valence-electron chi connectivity index (χ3n) is 4.76. The highest BCUT2D eigenvalue weighted by molar-refractivity contribution is 8.00. The van der Waals surface area contributed by atoms with Crippen LogP contribution in [0.3, 0.4) is 0 Å². The van der Waals surface area contributed by atoms with Gasteiger partial charge >= 0.3 is 0 Å². The van der Waals surface area contributed by atoms with Crippen LogP contribution in [0.4, 0.5) is 5.82 Å². The molecule has 0 aliphatic carbocycles. The molecule has 0 aliphatic heterocycles. The molecule has 154 valence electrons. The first-order chi connectivity index (χ1) is 14.0. The van der Waals surface area contributed by atoms with Gasteiger partial charge in [-0.25, -0.2) is 4.68 Å². The second kappa shape index (κ2) is 9.13. The molecule has 2 heterocycles. The summed E-state index contributed by atoms with van der Waals surface area (Å²) >= 11 is 1.36. The molecule has 1 amide bonds. The third kappa shape index (κ3) is 4.45. The summed E-state index contributed by atoms with van der Waals surface area (Å²) in [6.07, 6.45) is 2.63. The molecule has 0 aliphatic rings. The molecule has 2 atom stereocenters. The Morgan fingerprint density at radius 2 is 2.00 bits per heavy atom. The Bertz CT molecular complexity index is 983. The van der Waals surface area contributed by atoms with E-state index in [1.807, 2.05) is 53.6 Å². The van der Waals surface area contributed by atoms with E-state index in [4.69, 9.17) is 4.74 Å². The number of carbonyl (C=O) groups excluding carboxylic acids is 1. The molecule has 3 rings (SSSR count). The van der Waals surface area contributed by atoms with Crippen molar-refractivity contribution in [2.45, 2.75) is 43.6 Å². The van der Waals surface area contributed by atoms with E-state index in [1.54, 1.807) is 13.3 Å². The second-order valence-corrected chi connectivity index (χ2v) is 8.04. The van der Waals surface area contributed by atoms with Crippen molar-refractivity contribution in [3.63, 3.8) is 0 Å². The summed E-state index contributed by atoms with van der Waals surface area (Å²) in [5.41, 5.74) is 0.853. The Morgan fingerprint density at radius 3 is 2.72 bits per heavy atom.